The van der Waals surface area contributed by atoms with Crippen LogP contribution in [-0.2, 0) is 9.84 Å². The number of hydrogen-bond acceptors (Lipinski definition) is 4. The van der Waals surface area contributed by atoms with E-state index >= 15 is 0 Å². The number of fused-ring (bicyclic) bond motifs is 1. The lowest BCUT2D eigenvalue weighted by molar-refractivity contribution is 0.102. The van der Waals surface area contributed by atoms with Gasteiger partial charge in [-0.25, -0.2) is 13.4 Å². The number of sulfone groups is 1. The fourth-order valence-electron chi connectivity index (χ4n) is 2.94. The molecule has 0 aliphatic carbocycles. The number of carbonyl (C=O) groups excluding carboxylic acids is 1. The predicted octanol–water partition coefficient (Wildman–Crippen LogP) is 4.54. The zero-order chi connectivity index (χ0) is 20.6. The van der Waals surface area contributed by atoms with Crippen LogP contribution in [0.15, 0.2) is 71.6 Å². The smallest absolute Gasteiger partial charge is 0.257 e. The minimum Gasteiger partial charge on any atom is -0.338 e. The number of amides is 1. The molecule has 0 bridgehead atoms. The second kappa shape index (κ2) is 7.35. The Kier molecular flexibility index (Phi) is 4.86. The summed E-state index contributed by atoms with van der Waals surface area (Å²) < 4.78 is 23.3. The second-order valence-electron chi connectivity index (χ2n) is 6.55. The van der Waals surface area contributed by atoms with E-state index in [1.165, 1.54) is 18.2 Å². The first-order chi connectivity index (χ1) is 13.8. The van der Waals surface area contributed by atoms with E-state index in [2.05, 4.69) is 15.3 Å². The lowest BCUT2D eigenvalue weighted by atomic mass is 10.1. The lowest BCUT2D eigenvalue weighted by Crippen LogP contribution is -2.13. The minimum atomic E-state index is -3.40. The fraction of sp³-hybridized carbons (Fsp3) is 0.0476. The minimum absolute atomic E-state index is 0.0610. The molecule has 29 heavy (non-hydrogen) atoms. The third-order valence-electron chi connectivity index (χ3n) is 4.40. The number of nitrogens with zero attached hydrogens (tertiary/aromatic N) is 1. The number of carbonyl (C=O) groups is 1. The summed E-state index contributed by atoms with van der Waals surface area (Å²) in [7, 11) is -3.40. The molecule has 4 rings (SSSR count). The number of aromatic amines is 1. The number of benzene rings is 3. The monoisotopic (exact) mass is 425 g/mol. The first-order valence-electron chi connectivity index (χ1n) is 8.67. The van der Waals surface area contributed by atoms with Gasteiger partial charge in [-0.05, 0) is 42.5 Å². The number of aromatic nitrogens is 2. The van der Waals surface area contributed by atoms with Crippen LogP contribution in [-0.4, -0.2) is 30.5 Å². The molecule has 2 N–H and O–H groups in total. The van der Waals surface area contributed by atoms with Crippen molar-refractivity contribution >= 4 is 44.1 Å². The summed E-state index contributed by atoms with van der Waals surface area (Å²) >= 11 is 6.13. The van der Waals surface area contributed by atoms with E-state index in [1.54, 1.807) is 12.1 Å². The Labute approximate surface area is 172 Å². The molecule has 0 spiro atoms. The van der Waals surface area contributed by atoms with E-state index in [0.717, 1.165) is 22.9 Å². The molecule has 0 fully saturated rings. The highest BCUT2D eigenvalue weighted by Gasteiger charge is 2.15. The Morgan fingerprint density at radius 2 is 1.83 bits per heavy atom. The molecule has 0 radical (unpaired) electrons. The molecule has 1 aromatic heterocycles. The van der Waals surface area contributed by atoms with Crippen LogP contribution >= 0.6 is 11.6 Å². The van der Waals surface area contributed by atoms with E-state index in [-0.39, 0.29) is 15.5 Å². The Balaban J connectivity index is 1.60. The predicted molar refractivity (Wildman–Crippen MR) is 114 cm³/mol. The Bertz CT molecular complexity index is 1310. The highest BCUT2D eigenvalue weighted by Crippen LogP contribution is 2.25. The number of hydrogen-bond donors (Lipinski definition) is 2. The zero-order valence-electron chi connectivity index (χ0n) is 15.3. The van der Waals surface area contributed by atoms with Crippen LogP contribution in [0.25, 0.3) is 22.4 Å². The van der Waals surface area contributed by atoms with Crippen molar-refractivity contribution in [1.82, 2.24) is 9.97 Å². The van der Waals surface area contributed by atoms with Crippen LogP contribution in [0.4, 0.5) is 5.69 Å². The third kappa shape index (κ3) is 4.01. The van der Waals surface area contributed by atoms with Crippen LogP contribution in [0.1, 0.15) is 10.4 Å². The summed E-state index contributed by atoms with van der Waals surface area (Å²) in [6, 6.07) is 19.0. The molecule has 6 nitrogen and oxygen atoms in total. The van der Waals surface area contributed by atoms with Gasteiger partial charge in [0.1, 0.15) is 5.82 Å². The van der Waals surface area contributed by atoms with Gasteiger partial charge in [0.25, 0.3) is 5.91 Å². The molecule has 1 heterocycles. The molecular weight excluding hydrogens is 410 g/mol. The van der Waals surface area contributed by atoms with Gasteiger partial charge in [0.05, 0.1) is 26.5 Å². The molecule has 0 saturated heterocycles. The van der Waals surface area contributed by atoms with Gasteiger partial charge in [-0.3, -0.25) is 4.79 Å². The van der Waals surface area contributed by atoms with Crippen molar-refractivity contribution < 1.29 is 13.2 Å². The second-order valence-corrected chi connectivity index (χ2v) is 8.97. The maximum Gasteiger partial charge on any atom is 0.257 e. The van der Waals surface area contributed by atoms with Gasteiger partial charge in [-0.15, -0.1) is 0 Å². The molecule has 0 aliphatic heterocycles. The molecule has 1 amide bonds. The maximum absolute atomic E-state index is 12.6. The molecule has 0 aliphatic rings. The van der Waals surface area contributed by atoms with Crippen LogP contribution in [0, 0.1) is 0 Å². The molecule has 8 heteroatoms. The van der Waals surface area contributed by atoms with E-state index in [1.807, 2.05) is 36.4 Å². The van der Waals surface area contributed by atoms with Crippen LogP contribution in [0.2, 0.25) is 5.02 Å². The van der Waals surface area contributed by atoms with Crippen molar-refractivity contribution in [3.63, 3.8) is 0 Å². The molecule has 4 aromatic rings. The van der Waals surface area contributed by atoms with Crippen molar-refractivity contribution in [2.45, 2.75) is 4.90 Å². The number of para-hydroxylation sites is 2. The summed E-state index contributed by atoms with van der Waals surface area (Å²) in [6.45, 7) is 0. The van der Waals surface area contributed by atoms with E-state index in [9.17, 15) is 13.2 Å². The SMILES string of the molecule is CS(=O)(=O)c1ccc(C(=O)Nc2cccc(-c3nc4ccccc4[nH]3)c2)c(Cl)c1. The number of imidazole rings is 1. The summed E-state index contributed by atoms with van der Waals surface area (Å²) in [5, 5.41) is 2.86. The fourth-order valence-corrected chi connectivity index (χ4v) is 3.92. The van der Waals surface area contributed by atoms with Gasteiger partial charge in [0.15, 0.2) is 9.84 Å². The number of rotatable bonds is 4. The van der Waals surface area contributed by atoms with Gasteiger partial charge >= 0.3 is 0 Å². The van der Waals surface area contributed by atoms with Gasteiger partial charge in [-0.2, -0.15) is 0 Å². The van der Waals surface area contributed by atoms with Gasteiger partial charge in [0, 0.05) is 17.5 Å². The summed E-state index contributed by atoms with van der Waals surface area (Å²) in [4.78, 5) is 20.5. The molecular formula is C21H16ClN3O3S. The first kappa shape index (κ1) is 19.2. The van der Waals surface area contributed by atoms with Gasteiger partial charge < -0.3 is 10.3 Å². The number of halogens is 1. The normalized spacial score (nSPS) is 11.5. The highest BCUT2D eigenvalue weighted by atomic mass is 35.5. The topological polar surface area (TPSA) is 91.9 Å². The Morgan fingerprint density at radius 1 is 1.03 bits per heavy atom. The molecule has 3 aromatic carbocycles. The van der Waals surface area contributed by atoms with Gasteiger partial charge in [-0.1, -0.05) is 35.9 Å². The number of nitrogens with one attached hydrogen (secondary N) is 2. The van der Waals surface area contributed by atoms with Crippen molar-refractivity contribution in [2.24, 2.45) is 0 Å². The maximum atomic E-state index is 12.6. The van der Waals surface area contributed by atoms with Crippen LogP contribution in [0.3, 0.4) is 0 Å². The van der Waals surface area contributed by atoms with E-state index in [4.69, 9.17) is 11.6 Å². The number of anilines is 1. The lowest BCUT2D eigenvalue weighted by Gasteiger charge is -2.09. The molecule has 0 unspecified atom stereocenters. The average Bonchev–Trinajstić information content (AvgIpc) is 3.11. The highest BCUT2D eigenvalue weighted by molar-refractivity contribution is 7.90. The number of H-pyrrole nitrogens is 1. The Morgan fingerprint density at radius 3 is 2.55 bits per heavy atom. The summed E-state index contributed by atoms with van der Waals surface area (Å²) in [5.41, 5.74) is 3.35. The first-order valence-corrected chi connectivity index (χ1v) is 10.9. The zero-order valence-corrected chi connectivity index (χ0v) is 16.9. The van der Waals surface area contributed by atoms with Crippen LogP contribution < -0.4 is 5.32 Å². The van der Waals surface area contributed by atoms with Crippen molar-refractivity contribution in [1.29, 1.82) is 0 Å². The van der Waals surface area contributed by atoms with Gasteiger partial charge in [0.2, 0.25) is 0 Å². The van der Waals surface area contributed by atoms with E-state index in [0.29, 0.717) is 11.5 Å². The van der Waals surface area contributed by atoms with Crippen LogP contribution in [0.5, 0.6) is 0 Å². The molecule has 0 saturated carbocycles. The van der Waals surface area contributed by atoms with Crippen molar-refractivity contribution in [2.75, 3.05) is 11.6 Å². The average molecular weight is 426 g/mol. The van der Waals surface area contributed by atoms with Crippen molar-refractivity contribution in [3.8, 4) is 11.4 Å². The quantitative estimate of drug-likeness (QED) is 0.502. The Hall–Kier alpha value is -3.16. The summed E-state index contributed by atoms with van der Waals surface area (Å²) in [6.07, 6.45) is 1.09. The molecule has 0 atom stereocenters. The standard InChI is InChI=1S/C21H16ClN3O3S/c1-29(27,28)15-9-10-16(17(22)12-15)21(26)23-14-6-4-5-13(11-14)20-24-18-7-2-3-8-19(18)25-20/h2-12H,1H3,(H,23,26)(H,24,25). The summed E-state index contributed by atoms with van der Waals surface area (Å²) in [5.74, 6) is 0.259. The molecule has 146 valence electrons. The van der Waals surface area contributed by atoms with E-state index < -0.39 is 15.7 Å². The van der Waals surface area contributed by atoms with Crippen molar-refractivity contribution in [3.05, 3.63) is 77.3 Å². The third-order valence-corrected chi connectivity index (χ3v) is 5.82. The largest absolute Gasteiger partial charge is 0.338 e.